The van der Waals surface area contributed by atoms with Gasteiger partial charge in [0, 0.05) is 36.0 Å². The summed E-state index contributed by atoms with van der Waals surface area (Å²) in [4.78, 5) is 0. The Morgan fingerprint density at radius 1 is 0.275 bits per heavy atom. The number of nitrogens with zero attached hydrogens (tertiary/aromatic N) is 2. The van der Waals surface area contributed by atoms with Crippen LogP contribution in [-0.4, -0.2) is 9.13 Å². The minimum atomic E-state index is 1.37. The predicted octanol–water partition coefficient (Wildman–Crippen LogP) is 10.3. The third-order valence-electron chi connectivity index (χ3n) is 11.2. The molecule has 5 rings (SSSR count). The Kier molecular flexibility index (Phi) is 6.45. The van der Waals surface area contributed by atoms with Crippen molar-refractivity contribution in [2.24, 2.45) is 14.1 Å². The van der Waals surface area contributed by atoms with Crippen molar-refractivity contribution in [3.63, 3.8) is 0 Å². The number of hydrogen-bond acceptors (Lipinski definition) is 0. The smallest absolute Gasteiger partial charge is 0.0524 e. The van der Waals surface area contributed by atoms with Crippen LogP contribution in [0.3, 0.4) is 0 Å². The van der Waals surface area contributed by atoms with E-state index in [2.05, 4.69) is 120 Å². The van der Waals surface area contributed by atoms with Crippen molar-refractivity contribution in [1.29, 1.82) is 0 Å². The first-order valence-corrected chi connectivity index (χ1v) is 14.8. The summed E-state index contributed by atoms with van der Waals surface area (Å²) < 4.78 is 4.96. The molecule has 5 aromatic rings. The normalized spacial score (nSPS) is 12.0. The zero-order valence-corrected chi connectivity index (χ0v) is 27.9. The Morgan fingerprint density at radius 2 is 0.525 bits per heavy atom. The summed E-state index contributed by atoms with van der Waals surface area (Å²) in [5.74, 6) is 0. The van der Waals surface area contributed by atoms with Crippen LogP contribution in [-0.2, 0) is 14.1 Å². The SMILES string of the molecule is Cc1c(C)c(-c2c(C)c3c(C)c(C)c(C)c(C)c3n2C)c(C)c(C)c1-c1c(C)c2c(C)c(C)c(C)c(C)c2n1C. The second-order valence-corrected chi connectivity index (χ2v) is 12.8. The highest BCUT2D eigenvalue weighted by Gasteiger charge is 2.27. The van der Waals surface area contributed by atoms with Gasteiger partial charge in [0.05, 0.1) is 22.4 Å². The summed E-state index contributed by atoms with van der Waals surface area (Å²) in [6, 6.07) is 0. The van der Waals surface area contributed by atoms with E-state index in [1.54, 1.807) is 0 Å². The zero-order chi connectivity index (χ0) is 29.9. The first-order chi connectivity index (χ1) is 18.6. The number of benzene rings is 3. The van der Waals surface area contributed by atoms with Crippen LogP contribution >= 0.6 is 0 Å². The topological polar surface area (TPSA) is 9.86 Å². The minimum Gasteiger partial charge on any atom is -0.343 e. The van der Waals surface area contributed by atoms with Gasteiger partial charge in [-0.25, -0.2) is 0 Å². The number of rotatable bonds is 2. The maximum atomic E-state index is 2.48. The van der Waals surface area contributed by atoms with Gasteiger partial charge in [0.15, 0.2) is 0 Å². The molecule has 0 aliphatic heterocycles. The van der Waals surface area contributed by atoms with Gasteiger partial charge in [-0.2, -0.15) is 0 Å². The van der Waals surface area contributed by atoms with Crippen molar-refractivity contribution < 1.29 is 0 Å². The molecule has 210 valence electrons. The van der Waals surface area contributed by atoms with Crippen LogP contribution in [0.5, 0.6) is 0 Å². The lowest BCUT2D eigenvalue weighted by molar-refractivity contribution is 0.954. The summed E-state index contributed by atoms with van der Waals surface area (Å²) in [6.45, 7) is 32.3. The number of hydrogen-bond donors (Lipinski definition) is 0. The van der Waals surface area contributed by atoms with E-state index in [0.717, 1.165) is 0 Å². The number of aromatic nitrogens is 2. The summed E-state index contributed by atoms with van der Waals surface area (Å²) in [6.07, 6.45) is 0. The molecule has 0 saturated heterocycles. The van der Waals surface area contributed by atoms with Gasteiger partial charge in [-0.15, -0.1) is 0 Å². The Bertz CT molecular complexity index is 1660. The average molecular weight is 533 g/mol. The molecule has 40 heavy (non-hydrogen) atoms. The molecule has 0 saturated carbocycles. The summed E-state index contributed by atoms with van der Waals surface area (Å²) >= 11 is 0. The molecule has 0 N–H and O–H groups in total. The highest BCUT2D eigenvalue weighted by Crippen LogP contribution is 2.46. The van der Waals surface area contributed by atoms with Gasteiger partial charge < -0.3 is 9.13 Å². The highest BCUT2D eigenvalue weighted by atomic mass is 15.0. The molecule has 2 heteroatoms. The lowest BCUT2D eigenvalue weighted by Crippen LogP contribution is -2.06. The predicted molar refractivity (Wildman–Crippen MR) is 177 cm³/mol. The quantitative estimate of drug-likeness (QED) is 0.214. The highest BCUT2D eigenvalue weighted by molar-refractivity contribution is 6.01. The molecule has 0 spiro atoms. The Hall–Kier alpha value is -3.26. The van der Waals surface area contributed by atoms with Gasteiger partial charge in [-0.3, -0.25) is 0 Å². The maximum Gasteiger partial charge on any atom is 0.0524 e. The first kappa shape index (κ1) is 28.3. The lowest BCUT2D eigenvalue weighted by Gasteiger charge is -2.23. The Labute approximate surface area is 242 Å². The van der Waals surface area contributed by atoms with Crippen LogP contribution < -0.4 is 0 Å². The van der Waals surface area contributed by atoms with Crippen LogP contribution in [0, 0.1) is 96.9 Å². The van der Waals surface area contributed by atoms with Crippen LogP contribution in [0.4, 0.5) is 0 Å². The molecule has 0 bridgehead atoms. The van der Waals surface area contributed by atoms with E-state index in [0.29, 0.717) is 0 Å². The second-order valence-electron chi connectivity index (χ2n) is 12.8. The molecule has 0 aliphatic rings. The van der Waals surface area contributed by atoms with E-state index < -0.39 is 0 Å². The molecule has 2 nitrogen and oxygen atoms in total. The van der Waals surface area contributed by atoms with E-state index in [9.17, 15) is 0 Å². The van der Waals surface area contributed by atoms with Gasteiger partial charge >= 0.3 is 0 Å². The molecule has 2 heterocycles. The molecular formula is C38H48N2. The van der Waals surface area contributed by atoms with Crippen LogP contribution in [0.15, 0.2) is 0 Å². The van der Waals surface area contributed by atoms with Crippen molar-refractivity contribution in [2.45, 2.75) is 96.9 Å². The molecule has 3 aromatic carbocycles. The van der Waals surface area contributed by atoms with Crippen LogP contribution in [0.25, 0.3) is 44.3 Å². The number of fused-ring (bicyclic) bond motifs is 2. The fraction of sp³-hybridized carbons (Fsp3) is 0.421. The van der Waals surface area contributed by atoms with E-state index in [1.165, 1.54) is 122 Å². The van der Waals surface area contributed by atoms with Crippen molar-refractivity contribution in [2.75, 3.05) is 0 Å². The van der Waals surface area contributed by atoms with Crippen molar-refractivity contribution in [3.05, 3.63) is 77.9 Å². The van der Waals surface area contributed by atoms with Gasteiger partial charge in [-0.1, -0.05) is 0 Å². The van der Waals surface area contributed by atoms with E-state index in [1.807, 2.05) is 0 Å². The van der Waals surface area contributed by atoms with Crippen LogP contribution in [0.1, 0.15) is 77.9 Å². The monoisotopic (exact) mass is 532 g/mol. The van der Waals surface area contributed by atoms with E-state index in [-0.39, 0.29) is 0 Å². The molecule has 2 aromatic heterocycles. The first-order valence-electron chi connectivity index (χ1n) is 14.8. The minimum absolute atomic E-state index is 1.37. The van der Waals surface area contributed by atoms with Gasteiger partial charge in [0.25, 0.3) is 0 Å². The Balaban J connectivity index is 1.91. The fourth-order valence-corrected chi connectivity index (χ4v) is 8.04. The molecular weight excluding hydrogens is 484 g/mol. The average Bonchev–Trinajstić information content (AvgIpc) is 3.32. The molecule has 0 amide bonds. The molecule has 0 aliphatic carbocycles. The fourth-order valence-electron chi connectivity index (χ4n) is 8.04. The third-order valence-corrected chi connectivity index (χ3v) is 11.2. The van der Waals surface area contributed by atoms with Crippen molar-refractivity contribution >= 4 is 21.8 Å². The summed E-state index contributed by atoms with van der Waals surface area (Å²) in [7, 11) is 4.54. The lowest BCUT2D eigenvalue weighted by atomic mass is 9.84. The molecule has 0 fully saturated rings. The molecule has 0 radical (unpaired) electrons. The van der Waals surface area contributed by atoms with Crippen LogP contribution in [0.2, 0.25) is 0 Å². The standard InChI is InChI=1S/C38H48N2/c1-17-19(3)27(11)35-33(21(17)5)29(13)37(39(35)15)31-23(7)25(9)32(26(10)24(31)8)38-30(14)34-22(6)18(2)20(4)28(12)36(34)40(38)16/h1-16H3. The zero-order valence-electron chi connectivity index (χ0n) is 27.9. The van der Waals surface area contributed by atoms with Gasteiger partial charge in [-0.05, 0) is 175 Å². The Morgan fingerprint density at radius 3 is 0.800 bits per heavy atom. The van der Waals surface area contributed by atoms with Gasteiger partial charge in [0.1, 0.15) is 0 Å². The van der Waals surface area contributed by atoms with E-state index >= 15 is 0 Å². The number of aryl methyl sites for hydroxylation is 8. The van der Waals surface area contributed by atoms with Crippen molar-refractivity contribution in [3.8, 4) is 22.5 Å². The summed E-state index contributed by atoms with van der Waals surface area (Å²) in [5.41, 5.74) is 28.0. The molecule has 0 unspecified atom stereocenters. The third kappa shape index (κ3) is 3.34. The van der Waals surface area contributed by atoms with Crippen molar-refractivity contribution in [1.82, 2.24) is 9.13 Å². The maximum absolute atomic E-state index is 2.48. The summed E-state index contributed by atoms with van der Waals surface area (Å²) in [5, 5.41) is 2.86. The molecule has 0 atom stereocenters. The second kappa shape index (κ2) is 9.13. The largest absolute Gasteiger partial charge is 0.343 e. The van der Waals surface area contributed by atoms with E-state index in [4.69, 9.17) is 0 Å². The van der Waals surface area contributed by atoms with Gasteiger partial charge in [0.2, 0.25) is 0 Å².